The number of benzene rings is 1. The SMILES string of the molecule is NC(=O)CS(=O)Cc1nc2ccc(N)cc2o1. The lowest BCUT2D eigenvalue weighted by molar-refractivity contribution is -0.115. The van der Waals surface area contributed by atoms with E-state index in [4.69, 9.17) is 15.9 Å². The smallest absolute Gasteiger partial charge is 0.230 e. The van der Waals surface area contributed by atoms with Gasteiger partial charge in [0.2, 0.25) is 11.8 Å². The molecule has 0 saturated carbocycles. The van der Waals surface area contributed by atoms with Crippen LogP contribution in [0.25, 0.3) is 11.1 Å². The quantitative estimate of drug-likeness (QED) is 0.753. The maximum absolute atomic E-state index is 11.5. The first-order chi connectivity index (χ1) is 8.04. The van der Waals surface area contributed by atoms with Gasteiger partial charge in [0, 0.05) is 22.6 Å². The monoisotopic (exact) mass is 253 g/mol. The maximum atomic E-state index is 11.5. The van der Waals surface area contributed by atoms with Crippen LogP contribution in [0.1, 0.15) is 5.89 Å². The zero-order chi connectivity index (χ0) is 12.4. The number of carbonyl (C=O) groups is 1. The average Bonchev–Trinajstić information content (AvgIpc) is 2.57. The van der Waals surface area contributed by atoms with Gasteiger partial charge in [-0.2, -0.15) is 0 Å². The largest absolute Gasteiger partial charge is 0.440 e. The van der Waals surface area contributed by atoms with Crippen molar-refractivity contribution in [2.24, 2.45) is 5.73 Å². The summed E-state index contributed by atoms with van der Waals surface area (Å²) < 4.78 is 16.8. The summed E-state index contributed by atoms with van der Waals surface area (Å²) in [7, 11) is -1.40. The van der Waals surface area contributed by atoms with Crippen LogP contribution in [-0.2, 0) is 21.3 Å². The van der Waals surface area contributed by atoms with E-state index in [-0.39, 0.29) is 11.5 Å². The van der Waals surface area contributed by atoms with Gasteiger partial charge >= 0.3 is 0 Å². The van der Waals surface area contributed by atoms with Crippen molar-refractivity contribution in [1.29, 1.82) is 0 Å². The minimum Gasteiger partial charge on any atom is -0.440 e. The molecule has 0 radical (unpaired) electrons. The number of fused-ring (bicyclic) bond motifs is 1. The molecule has 1 amide bonds. The summed E-state index contributed by atoms with van der Waals surface area (Å²) in [5, 5.41) is 0. The van der Waals surface area contributed by atoms with Crippen LogP contribution in [0, 0.1) is 0 Å². The van der Waals surface area contributed by atoms with Crippen LogP contribution in [0.15, 0.2) is 22.6 Å². The molecule has 1 heterocycles. The molecule has 90 valence electrons. The molecule has 0 aliphatic rings. The number of anilines is 1. The minimum atomic E-state index is -1.40. The lowest BCUT2D eigenvalue weighted by atomic mass is 10.3. The van der Waals surface area contributed by atoms with Crippen molar-refractivity contribution in [2.75, 3.05) is 11.5 Å². The Labute approximate surface area is 99.4 Å². The second-order valence-electron chi connectivity index (χ2n) is 3.53. The number of nitrogens with zero attached hydrogens (tertiary/aromatic N) is 1. The standard InChI is InChI=1S/C10H11N3O3S/c11-6-1-2-7-8(3-6)16-10(13-7)5-17(15)4-9(12)14/h1-3H,4-5,11H2,(H2,12,14). The van der Waals surface area contributed by atoms with E-state index < -0.39 is 16.7 Å². The fraction of sp³-hybridized carbons (Fsp3) is 0.200. The van der Waals surface area contributed by atoms with E-state index in [1.807, 2.05) is 0 Å². The number of nitrogens with two attached hydrogens (primary N) is 2. The highest BCUT2D eigenvalue weighted by atomic mass is 32.2. The number of hydrogen-bond acceptors (Lipinski definition) is 5. The Kier molecular flexibility index (Phi) is 3.10. The number of oxazole rings is 1. The van der Waals surface area contributed by atoms with Crippen LogP contribution in [-0.4, -0.2) is 20.9 Å². The molecule has 6 nitrogen and oxygen atoms in total. The lowest BCUT2D eigenvalue weighted by Crippen LogP contribution is -2.20. The number of nitrogen functional groups attached to an aromatic ring is 1. The number of rotatable bonds is 4. The summed E-state index contributed by atoms with van der Waals surface area (Å²) in [5.41, 5.74) is 12.3. The molecular weight excluding hydrogens is 242 g/mol. The highest BCUT2D eigenvalue weighted by Crippen LogP contribution is 2.19. The Bertz CT molecular complexity index is 593. The Hall–Kier alpha value is -1.89. The number of carbonyl (C=O) groups excluding carboxylic acids is 1. The Morgan fingerprint density at radius 3 is 2.94 bits per heavy atom. The van der Waals surface area contributed by atoms with Gasteiger partial charge in [-0.05, 0) is 12.1 Å². The first kappa shape index (κ1) is 11.6. The third kappa shape index (κ3) is 2.82. The third-order valence-corrected chi connectivity index (χ3v) is 3.22. The highest BCUT2D eigenvalue weighted by Gasteiger charge is 2.11. The zero-order valence-corrected chi connectivity index (χ0v) is 9.70. The normalized spacial score (nSPS) is 12.7. The van der Waals surface area contributed by atoms with E-state index in [1.54, 1.807) is 18.2 Å². The summed E-state index contributed by atoms with van der Waals surface area (Å²) in [6.07, 6.45) is 0. The van der Waals surface area contributed by atoms with Crippen LogP contribution in [0.3, 0.4) is 0 Å². The maximum Gasteiger partial charge on any atom is 0.230 e. The van der Waals surface area contributed by atoms with E-state index >= 15 is 0 Å². The molecule has 1 aromatic carbocycles. The lowest BCUT2D eigenvalue weighted by Gasteiger charge is -1.94. The molecule has 1 aromatic heterocycles. The van der Waals surface area contributed by atoms with Crippen molar-refractivity contribution in [2.45, 2.75) is 5.75 Å². The van der Waals surface area contributed by atoms with Crippen LogP contribution in [0.2, 0.25) is 0 Å². The van der Waals surface area contributed by atoms with Crippen LogP contribution in [0.4, 0.5) is 5.69 Å². The molecule has 0 spiro atoms. The molecule has 1 atom stereocenters. The molecule has 1 unspecified atom stereocenters. The van der Waals surface area contributed by atoms with Crippen molar-refractivity contribution >= 4 is 33.5 Å². The number of hydrogen-bond donors (Lipinski definition) is 2. The van der Waals surface area contributed by atoms with Crippen molar-refractivity contribution in [3.63, 3.8) is 0 Å². The summed E-state index contributed by atoms with van der Waals surface area (Å²) in [5.74, 6) is -0.424. The zero-order valence-electron chi connectivity index (χ0n) is 8.88. The molecule has 0 saturated heterocycles. The van der Waals surface area contributed by atoms with Crippen molar-refractivity contribution in [3.8, 4) is 0 Å². The van der Waals surface area contributed by atoms with E-state index in [2.05, 4.69) is 4.98 Å². The average molecular weight is 253 g/mol. The van der Waals surface area contributed by atoms with Gasteiger partial charge in [-0.25, -0.2) is 4.98 Å². The molecule has 0 bridgehead atoms. The molecule has 2 rings (SSSR count). The molecule has 0 aliphatic carbocycles. The predicted molar refractivity (Wildman–Crippen MR) is 64.3 cm³/mol. The Morgan fingerprint density at radius 2 is 2.24 bits per heavy atom. The Morgan fingerprint density at radius 1 is 1.47 bits per heavy atom. The summed E-state index contributed by atoms with van der Waals surface area (Å²) >= 11 is 0. The van der Waals surface area contributed by atoms with E-state index in [1.165, 1.54) is 0 Å². The Balaban J connectivity index is 2.19. The molecule has 0 fully saturated rings. The van der Waals surface area contributed by atoms with Gasteiger partial charge in [0.05, 0.1) is 0 Å². The van der Waals surface area contributed by atoms with Crippen LogP contribution < -0.4 is 11.5 Å². The number of aromatic nitrogens is 1. The van der Waals surface area contributed by atoms with Gasteiger partial charge in [-0.3, -0.25) is 9.00 Å². The summed E-state index contributed by atoms with van der Waals surface area (Å²) in [4.78, 5) is 14.7. The van der Waals surface area contributed by atoms with Crippen molar-refractivity contribution in [3.05, 3.63) is 24.1 Å². The molecule has 0 aliphatic heterocycles. The molecule has 4 N–H and O–H groups in total. The summed E-state index contributed by atoms with van der Waals surface area (Å²) in [6.45, 7) is 0. The molecule has 17 heavy (non-hydrogen) atoms. The third-order valence-electron chi connectivity index (χ3n) is 2.04. The molecular formula is C10H11N3O3S. The van der Waals surface area contributed by atoms with Crippen LogP contribution in [0.5, 0.6) is 0 Å². The van der Waals surface area contributed by atoms with Gasteiger partial charge in [-0.1, -0.05) is 0 Å². The highest BCUT2D eigenvalue weighted by molar-refractivity contribution is 7.84. The first-order valence-electron chi connectivity index (χ1n) is 4.83. The van der Waals surface area contributed by atoms with Gasteiger partial charge < -0.3 is 15.9 Å². The van der Waals surface area contributed by atoms with Crippen molar-refractivity contribution < 1.29 is 13.4 Å². The molecule has 2 aromatic rings. The second kappa shape index (κ2) is 4.54. The number of primary amides is 1. The van der Waals surface area contributed by atoms with Gasteiger partial charge in [-0.15, -0.1) is 0 Å². The fourth-order valence-electron chi connectivity index (χ4n) is 1.40. The van der Waals surface area contributed by atoms with E-state index in [0.717, 1.165) is 0 Å². The minimum absolute atomic E-state index is 0.0670. The van der Waals surface area contributed by atoms with Gasteiger partial charge in [0.15, 0.2) is 5.58 Å². The first-order valence-corrected chi connectivity index (χ1v) is 6.31. The van der Waals surface area contributed by atoms with Gasteiger partial charge in [0.1, 0.15) is 17.0 Å². The summed E-state index contributed by atoms with van der Waals surface area (Å²) in [6, 6.07) is 5.06. The van der Waals surface area contributed by atoms with E-state index in [9.17, 15) is 9.00 Å². The second-order valence-corrected chi connectivity index (χ2v) is 4.99. The van der Waals surface area contributed by atoms with Crippen LogP contribution >= 0.6 is 0 Å². The predicted octanol–water partition coefficient (Wildman–Crippen LogP) is 0.144. The number of amides is 1. The van der Waals surface area contributed by atoms with E-state index in [0.29, 0.717) is 22.7 Å². The fourth-order valence-corrected chi connectivity index (χ4v) is 2.22. The topological polar surface area (TPSA) is 112 Å². The molecule has 7 heteroatoms. The van der Waals surface area contributed by atoms with Gasteiger partial charge in [0.25, 0.3) is 0 Å². The van der Waals surface area contributed by atoms with Crippen molar-refractivity contribution in [1.82, 2.24) is 4.98 Å².